The van der Waals surface area contributed by atoms with Crippen molar-refractivity contribution in [3.63, 3.8) is 0 Å². The van der Waals surface area contributed by atoms with Gasteiger partial charge in [-0.3, -0.25) is 0 Å². The molecule has 102 valence electrons. The molecular formula is C17H23NS. The second-order valence-corrected chi connectivity index (χ2v) is 7.69. The van der Waals surface area contributed by atoms with Gasteiger partial charge in [0.15, 0.2) is 0 Å². The van der Waals surface area contributed by atoms with Gasteiger partial charge in [-0.05, 0) is 55.2 Å². The Labute approximate surface area is 120 Å². The molecule has 0 spiro atoms. The predicted molar refractivity (Wildman–Crippen MR) is 84.9 cm³/mol. The van der Waals surface area contributed by atoms with Gasteiger partial charge in [-0.15, -0.1) is 11.3 Å². The molecule has 0 aliphatic heterocycles. The first-order valence-electron chi connectivity index (χ1n) is 7.20. The van der Waals surface area contributed by atoms with Gasteiger partial charge >= 0.3 is 0 Å². The fourth-order valence-corrected chi connectivity index (χ4v) is 4.18. The number of thiophene rings is 1. The van der Waals surface area contributed by atoms with Crippen molar-refractivity contribution in [1.29, 1.82) is 0 Å². The highest BCUT2D eigenvalue weighted by molar-refractivity contribution is 7.19. The van der Waals surface area contributed by atoms with E-state index in [4.69, 9.17) is 0 Å². The first-order chi connectivity index (χ1) is 8.99. The summed E-state index contributed by atoms with van der Waals surface area (Å²) in [4.78, 5) is 1.50. The van der Waals surface area contributed by atoms with Gasteiger partial charge in [0.1, 0.15) is 0 Å². The van der Waals surface area contributed by atoms with Crippen LogP contribution in [0.1, 0.15) is 43.7 Å². The summed E-state index contributed by atoms with van der Waals surface area (Å²) in [7, 11) is 0. The average molecular weight is 273 g/mol. The lowest BCUT2D eigenvalue weighted by Crippen LogP contribution is -2.22. The number of hydrogen-bond acceptors (Lipinski definition) is 2. The van der Waals surface area contributed by atoms with Gasteiger partial charge in [-0.1, -0.05) is 32.0 Å². The van der Waals surface area contributed by atoms with E-state index in [9.17, 15) is 0 Å². The fourth-order valence-electron chi connectivity index (χ4n) is 2.94. The van der Waals surface area contributed by atoms with E-state index < -0.39 is 0 Å². The zero-order valence-corrected chi connectivity index (χ0v) is 13.1. The van der Waals surface area contributed by atoms with Crippen LogP contribution in [0.4, 0.5) is 0 Å². The summed E-state index contributed by atoms with van der Waals surface area (Å²) >= 11 is 1.94. The van der Waals surface area contributed by atoms with Crippen LogP contribution in [0, 0.1) is 18.3 Å². The molecule has 2 heteroatoms. The Morgan fingerprint density at radius 1 is 1.37 bits per heavy atom. The summed E-state index contributed by atoms with van der Waals surface area (Å²) in [5.74, 6) is 0.865. The van der Waals surface area contributed by atoms with E-state index in [1.165, 1.54) is 26.9 Å². The Kier molecular flexibility index (Phi) is 3.18. The molecule has 1 N–H and O–H groups in total. The highest BCUT2D eigenvalue weighted by atomic mass is 32.1. The lowest BCUT2D eigenvalue weighted by Gasteiger charge is -2.14. The normalized spacial score (nSPS) is 22.6. The summed E-state index contributed by atoms with van der Waals surface area (Å²) in [5.41, 5.74) is 2.03. The molecule has 1 nitrogen and oxygen atoms in total. The van der Waals surface area contributed by atoms with E-state index >= 15 is 0 Å². The third-order valence-electron chi connectivity index (χ3n) is 4.66. The number of rotatable bonds is 4. The predicted octanol–water partition coefficient (Wildman–Crippen LogP) is 4.91. The third kappa shape index (κ3) is 2.44. The van der Waals surface area contributed by atoms with Gasteiger partial charge in [0.2, 0.25) is 0 Å². The number of benzene rings is 1. The Morgan fingerprint density at radius 3 is 2.68 bits per heavy atom. The zero-order chi connectivity index (χ0) is 13.6. The monoisotopic (exact) mass is 273 g/mol. The standard InChI is InChI=1S/C17H23NS/c1-11-14-7-5-6-8-15(14)19-16(11)12(2)18-10-13-9-17(13,3)4/h5-8,12-13,18H,9-10H2,1-4H3. The van der Waals surface area contributed by atoms with Crippen molar-refractivity contribution in [1.82, 2.24) is 5.32 Å². The minimum atomic E-state index is 0.466. The van der Waals surface area contributed by atoms with Gasteiger partial charge in [0, 0.05) is 15.6 Å². The first kappa shape index (κ1) is 13.1. The van der Waals surface area contributed by atoms with E-state index in [1.54, 1.807) is 0 Å². The third-order valence-corrected chi connectivity index (χ3v) is 6.12. The second kappa shape index (κ2) is 4.60. The maximum atomic E-state index is 3.73. The summed E-state index contributed by atoms with van der Waals surface area (Å²) < 4.78 is 1.41. The van der Waals surface area contributed by atoms with Gasteiger partial charge in [0.05, 0.1) is 0 Å². The topological polar surface area (TPSA) is 12.0 Å². The number of hydrogen-bond donors (Lipinski definition) is 1. The zero-order valence-electron chi connectivity index (χ0n) is 12.3. The molecule has 0 radical (unpaired) electrons. The van der Waals surface area contributed by atoms with Crippen LogP contribution >= 0.6 is 11.3 Å². The van der Waals surface area contributed by atoms with Crippen LogP contribution in [-0.4, -0.2) is 6.54 Å². The molecule has 3 rings (SSSR count). The van der Waals surface area contributed by atoms with Crippen molar-refractivity contribution < 1.29 is 0 Å². The highest BCUT2D eigenvalue weighted by Gasteiger charge is 2.45. The smallest absolute Gasteiger partial charge is 0.0389 e. The van der Waals surface area contributed by atoms with Crippen molar-refractivity contribution in [3.05, 3.63) is 34.7 Å². The molecule has 1 aliphatic rings. The minimum Gasteiger partial charge on any atom is -0.309 e. The van der Waals surface area contributed by atoms with E-state index in [0.29, 0.717) is 11.5 Å². The molecule has 1 saturated carbocycles. The molecule has 1 heterocycles. The molecule has 1 aliphatic carbocycles. The van der Waals surface area contributed by atoms with Crippen molar-refractivity contribution >= 4 is 21.4 Å². The number of fused-ring (bicyclic) bond motifs is 1. The molecule has 2 atom stereocenters. The van der Waals surface area contributed by atoms with Crippen LogP contribution in [0.2, 0.25) is 0 Å². The second-order valence-electron chi connectivity index (χ2n) is 6.61. The minimum absolute atomic E-state index is 0.466. The van der Waals surface area contributed by atoms with Crippen molar-refractivity contribution in [3.8, 4) is 0 Å². The molecule has 1 fully saturated rings. The van der Waals surface area contributed by atoms with E-state index in [2.05, 4.69) is 57.3 Å². The summed E-state index contributed by atoms with van der Waals surface area (Å²) in [6.45, 7) is 10.5. The molecule has 1 aromatic carbocycles. The van der Waals surface area contributed by atoms with Crippen LogP contribution in [0.15, 0.2) is 24.3 Å². The molecule has 0 saturated heterocycles. The van der Waals surface area contributed by atoms with Crippen LogP contribution in [0.25, 0.3) is 10.1 Å². The summed E-state index contributed by atoms with van der Waals surface area (Å²) in [5, 5.41) is 5.15. The van der Waals surface area contributed by atoms with Gasteiger partial charge in [0.25, 0.3) is 0 Å². The van der Waals surface area contributed by atoms with Crippen molar-refractivity contribution in [2.24, 2.45) is 11.3 Å². The van der Waals surface area contributed by atoms with Crippen molar-refractivity contribution in [2.45, 2.75) is 40.2 Å². The molecule has 0 bridgehead atoms. The maximum absolute atomic E-state index is 3.73. The van der Waals surface area contributed by atoms with Crippen molar-refractivity contribution in [2.75, 3.05) is 6.54 Å². The van der Waals surface area contributed by atoms with Crippen LogP contribution < -0.4 is 5.32 Å². The van der Waals surface area contributed by atoms with Crippen LogP contribution in [0.5, 0.6) is 0 Å². The Bertz CT molecular complexity index is 596. The maximum Gasteiger partial charge on any atom is 0.0389 e. The molecule has 1 aromatic heterocycles. The molecule has 2 unspecified atom stereocenters. The van der Waals surface area contributed by atoms with Crippen LogP contribution in [0.3, 0.4) is 0 Å². The number of aryl methyl sites for hydroxylation is 1. The summed E-state index contributed by atoms with van der Waals surface area (Å²) in [6, 6.07) is 9.20. The lowest BCUT2D eigenvalue weighted by molar-refractivity contribution is 0.487. The first-order valence-corrected chi connectivity index (χ1v) is 8.02. The van der Waals surface area contributed by atoms with E-state index in [0.717, 1.165) is 12.5 Å². The highest BCUT2D eigenvalue weighted by Crippen LogP contribution is 2.51. The SMILES string of the molecule is Cc1c(C(C)NCC2CC2(C)C)sc2ccccc12. The van der Waals surface area contributed by atoms with Gasteiger partial charge < -0.3 is 5.32 Å². The average Bonchev–Trinajstić information content (AvgIpc) is 2.85. The van der Waals surface area contributed by atoms with Crippen LogP contribution in [-0.2, 0) is 0 Å². The summed E-state index contributed by atoms with van der Waals surface area (Å²) in [6.07, 6.45) is 1.37. The Balaban J connectivity index is 1.74. The quantitative estimate of drug-likeness (QED) is 0.835. The van der Waals surface area contributed by atoms with E-state index in [-0.39, 0.29) is 0 Å². The molecule has 19 heavy (non-hydrogen) atoms. The van der Waals surface area contributed by atoms with Gasteiger partial charge in [-0.25, -0.2) is 0 Å². The fraction of sp³-hybridized carbons (Fsp3) is 0.529. The number of nitrogens with one attached hydrogen (secondary N) is 1. The Hall–Kier alpha value is -0.860. The van der Waals surface area contributed by atoms with E-state index in [1.807, 2.05) is 11.3 Å². The largest absolute Gasteiger partial charge is 0.309 e. The molecular weight excluding hydrogens is 250 g/mol. The van der Waals surface area contributed by atoms with Gasteiger partial charge in [-0.2, -0.15) is 0 Å². The lowest BCUT2D eigenvalue weighted by atomic mass is 10.1. The Morgan fingerprint density at radius 2 is 2.05 bits per heavy atom. The molecule has 2 aromatic rings. The molecule has 0 amide bonds.